The van der Waals surface area contributed by atoms with Crippen LogP contribution in [0.4, 0.5) is 4.79 Å². The summed E-state index contributed by atoms with van der Waals surface area (Å²) in [5.74, 6) is 0.122. The Kier molecular flexibility index (Phi) is 8.89. The number of rotatable bonds is 9. The van der Waals surface area contributed by atoms with Gasteiger partial charge in [0.05, 0.1) is 18.9 Å². The van der Waals surface area contributed by atoms with Gasteiger partial charge in [-0.2, -0.15) is 0 Å². The van der Waals surface area contributed by atoms with Crippen LogP contribution in [0.15, 0.2) is 90.5 Å². The number of carbonyl (C=O) groups is 1. The molecule has 6 nitrogen and oxygen atoms in total. The van der Waals surface area contributed by atoms with Crippen molar-refractivity contribution in [3.05, 3.63) is 102 Å². The number of piperidine rings is 1. The molecular formula is C30H33N3O3. The lowest BCUT2D eigenvalue weighted by Gasteiger charge is -2.32. The zero-order chi connectivity index (χ0) is 25.2. The van der Waals surface area contributed by atoms with Gasteiger partial charge in [0.1, 0.15) is 0 Å². The number of ether oxygens (including phenoxy) is 1. The molecule has 3 aromatic rings. The number of carbonyl (C=O) groups excluding carboxylic acids is 1. The van der Waals surface area contributed by atoms with Crippen LogP contribution in [-0.2, 0) is 16.2 Å². The summed E-state index contributed by atoms with van der Waals surface area (Å²) in [4.78, 5) is 19.9. The van der Waals surface area contributed by atoms with Crippen molar-refractivity contribution in [2.45, 2.75) is 26.4 Å². The fourth-order valence-corrected chi connectivity index (χ4v) is 4.52. The second-order valence-electron chi connectivity index (χ2n) is 8.76. The van der Waals surface area contributed by atoms with Gasteiger partial charge in [0.15, 0.2) is 0 Å². The molecule has 1 saturated heterocycles. The van der Waals surface area contributed by atoms with Gasteiger partial charge in [-0.15, -0.1) is 0 Å². The number of likely N-dealkylation sites (tertiary alicyclic amines) is 1. The Morgan fingerprint density at radius 1 is 0.972 bits per heavy atom. The molecule has 1 fully saturated rings. The normalized spacial score (nSPS) is 14.6. The highest BCUT2D eigenvalue weighted by molar-refractivity contribution is 5.90. The summed E-state index contributed by atoms with van der Waals surface area (Å²) in [5.41, 5.74) is 9.08. The van der Waals surface area contributed by atoms with E-state index >= 15 is 0 Å². The fraction of sp³-hybridized carbons (Fsp3) is 0.267. The summed E-state index contributed by atoms with van der Waals surface area (Å²) in [6, 6.07) is 28.5. The molecule has 0 bridgehead atoms. The van der Waals surface area contributed by atoms with Crippen LogP contribution in [0.5, 0.6) is 0 Å². The molecule has 1 heterocycles. The van der Waals surface area contributed by atoms with Crippen LogP contribution in [0, 0.1) is 11.3 Å². The highest BCUT2D eigenvalue weighted by Crippen LogP contribution is 2.31. The number of hydrogen-bond donors (Lipinski definition) is 2. The van der Waals surface area contributed by atoms with Crippen LogP contribution in [-0.4, -0.2) is 36.9 Å². The molecule has 2 N–H and O–H groups in total. The van der Waals surface area contributed by atoms with Crippen molar-refractivity contribution in [1.29, 1.82) is 5.41 Å². The van der Waals surface area contributed by atoms with Crippen LogP contribution in [0.1, 0.15) is 30.9 Å². The van der Waals surface area contributed by atoms with Crippen LogP contribution in [0.2, 0.25) is 0 Å². The Hall–Kier alpha value is -3.90. The lowest BCUT2D eigenvalue weighted by atomic mass is 9.87. The van der Waals surface area contributed by atoms with E-state index in [-0.39, 0.29) is 12.0 Å². The Bertz CT molecular complexity index is 1170. The third kappa shape index (κ3) is 6.40. The molecular weight excluding hydrogens is 450 g/mol. The van der Waals surface area contributed by atoms with E-state index < -0.39 is 0 Å². The molecule has 0 saturated carbocycles. The topological polar surface area (TPSA) is 74.7 Å². The quantitative estimate of drug-likeness (QED) is 0.276. The molecule has 1 aliphatic heterocycles. The van der Waals surface area contributed by atoms with Crippen molar-refractivity contribution in [3.8, 4) is 11.1 Å². The van der Waals surface area contributed by atoms with E-state index in [0.29, 0.717) is 26.3 Å². The second-order valence-corrected chi connectivity index (χ2v) is 8.76. The van der Waals surface area contributed by atoms with Crippen molar-refractivity contribution in [2.24, 2.45) is 5.92 Å². The Morgan fingerprint density at radius 3 is 2.31 bits per heavy atom. The molecule has 0 aromatic heterocycles. The first-order valence-corrected chi connectivity index (χ1v) is 12.4. The van der Waals surface area contributed by atoms with Crippen molar-refractivity contribution < 1.29 is 14.4 Å². The lowest BCUT2D eigenvalue weighted by Crippen LogP contribution is -2.39. The third-order valence-corrected chi connectivity index (χ3v) is 6.42. The van der Waals surface area contributed by atoms with Crippen LogP contribution < -0.4 is 5.48 Å². The fourth-order valence-electron chi connectivity index (χ4n) is 4.52. The molecule has 1 amide bonds. The average Bonchev–Trinajstić information content (AvgIpc) is 2.94. The van der Waals surface area contributed by atoms with Gasteiger partial charge < -0.3 is 15.0 Å². The first kappa shape index (κ1) is 25.2. The lowest BCUT2D eigenvalue weighted by molar-refractivity contribution is 0.0637. The molecule has 186 valence electrons. The zero-order valence-corrected chi connectivity index (χ0v) is 20.7. The Labute approximate surface area is 213 Å². The minimum Gasteiger partial charge on any atom is -0.450 e. The number of hydroxylamine groups is 1. The number of benzene rings is 3. The van der Waals surface area contributed by atoms with E-state index in [1.807, 2.05) is 67.6 Å². The van der Waals surface area contributed by atoms with Gasteiger partial charge in [-0.3, -0.25) is 10.3 Å². The average molecular weight is 484 g/mol. The molecule has 36 heavy (non-hydrogen) atoms. The van der Waals surface area contributed by atoms with Crippen molar-refractivity contribution in [3.63, 3.8) is 0 Å². The molecule has 1 aliphatic rings. The van der Waals surface area contributed by atoms with Crippen LogP contribution >= 0.6 is 0 Å². The first-order chi connectivity index (χ1) is 17.7. The van der Waals surface area contributed by atoms with E-state index in [9.17, 15) is 4.79 Å². The maximum absolute atomic E-state index is 12.2. The maximum Gasteiger partial charge on any atom is 0.409 e. The van der Waals surface area contributed by atoms with Crippen molar-refractivity contribution in [1.82, 2.24) is 10.4 Å². The van der Waals surface area contributed by atoms with E-state index in [0.717, 1.165) is 46.4 Å². The molecule has 0 aliphatic carbocycles. The van der Waals surface area contributed by atoms with Crippen LogP contribution in [0.25, 0.3) is 16.8 Å². The van der Waals surface area contributed by atoms with Gasteiger partial charge in [-0.05, 0) is 54.0 Å². The predicted molar refractivity (Wildman–Crippen MR) is 143 cm³/mol. The smallest absolute Gasteiger partial charge is 0.409 e. The summed E-state index contributed by atoms with van der Waals surface area (Å²) in [5, 5.41) is 8.31. The van der Waals surface area contributed by atoms with Gasteiger partial charge >= 0.3 is 6.09 Å². The Morgan fingerprint density at radius 2 is 1.64 bits per heavy atom. The van der Waals surface area contributed by atoms with Crippen LogP contribution in [0.3, 0.4) is 0 Å². The van der Waals surface area contributed by atoms with Gasteiger partial charge in [0.25, 0.3) is 0 Å². The predicted octanol–water partition coefficient (Wildman–Crippen LogP) is 6.30. The SMILES string of the molecule is CCOC(=O)N1CCC(/C(C=N)=C(/NOCc2ccccc2)c2cccc(-c3ccccc3)c2)CC1. The van der Waals surface area contributed by atoms with E-state index in [2.05, 4.69) is 29.7 Å². The summed E-state index contributed by atoms with van der Waals surface area (Å²) in [6.07, 6.45) is 2.67. The summed E-state index contributed by atoms with van der Waals surface area (Å²) >= 11 is 0. The second kappa shape index (κ2) is 12.7. The molecule has 3 aromatic carbocycles. The number of nitrogens with one attached hydrogen (secondary N) is 2. The molecule has 0 atom stereocenters. The molecule has 0 unspecified atom stereocenters. The van der Waals surface area contributed by atoms with Gasteiger partial charge in [-0.1, -0.05) is 78.9 Å². The van der Waals surface area contributed by atoms with Gasteiger partial charge in [0.2, 0.25) is 0 Å². The van der Waals surface area contributed by atoms with E-state index in [4.69, 9.17) is 15.0 Å². The summed E-state index contributed by atoms with van der Waals surface area (Å²) in [7, 11) is 0. The monoisotopic (exact) mass is 483 g/mol. The van der Waals surface area contributed by atoms with Gasteiger partial charge in [-0.25, -0.2) is 4.79 Å². The molecule has 4 rings (SSSR count). The standard InChI is InChI=1S/C30H33N3O3/c1-2-35-30(34)33-18-16-25(17-19-33)28(21-31)29(32-36-22-23-10-5-3-6-11-23)27-15-9-14-26(20-27)24-12-7-4-8-13-24/h3-15,20-21,25,31-32H,2,16-19,22H2,1H3/b29-28+,31-21?. The third-order valence-electron chi connectivity index (χ3n) is 6.42. The number of allylic oxidation sites excluding steroid dienone is 1. The number of nitrogens with zero attached hydrogens (tertiary/aromatic N) is 1. The van der Waals surface area contributed by atoms with E-state index in [1.54, 1.807) is 4.90 Å². The minimum absolute atomic E-state index is 0.122. The maximum atomic E-state index is 12.2. The largest absolute Gasteiger partial charge is 0.450 e. The van der Waals surface area contributed by atoms with Crippen molar-refractivity contribution >= 4 is 18.0 Å². The molecule has 0 radical (unpaired) electrons. The minimum atomic E-state index is -0.267. The molecule has 0 spiro atoms. The summed E-state index contributed by atoms with van der Waals surface area (Å²) in [6.45, 7) is 3.79. The first-order valence-electron chi connectivity index (χ1n) is 12.4. The highest BCUT2D eigenvalue weighted by Gasteiger charge is 2.27. The zero-order valence-electron chi connectivity index (χ0n) is 20.7. The molecule has 6 heteroatoms. The van der Waals surface area contributed by atoms with E-state index in [1.165, 1.54) is 6.21 Å². The number of hydrogen-bond acceptors (Lipinski definition) is 5. The Balaban J connectivity index is 1.61. The van der Waals surface area contributed by atoms with Crippen molar-refractivity contribution in [2.75, 3.05) is 19.7 Å². The number of amides is 1. The highest BCUT2D eigenvalue weighted by atomic mass is 16.6. The summed E-state index contributed by atoms with van der Waals surface area (Å²) < 4.78 is 5.17. The van der Waals surface area contributed by atoms with Gasteiger partial charge in [0, 0.05) is 24.9 Å².